The number of carboxylic acids is 2. The zero-order valence-electron chi connectivity index (χ0n) is 19.7. The Bertz CT molecular complexity index is 1270. The average Bonchev–Trinajstić information content (AvgIpc) is 2.96. The molecular weight excluding hydrogens is 509 g/mol. The third-order valence-electron chi connectivity index (χ3n) is 4.43. The van der Waals surface area contributed by atoms with Gasteiger partial charge >= 0.3 is 17.9 Å². The summed E-state index contributed by atoms with van der Waals surface area (Å²) in [6.45, 7) is 2.97. The van der Waals surface area contributed by atoms with Crippen LogP contribution in [0.25, 0.3) is 0 Å². The SMILES string of the molecule is CC(=O)NC(C)OC(=O)C=C1CN=C(c2ccccc2F)c2cc(Cl)ccc2N1.O=C(O)C=CC(=O)O. The van der Waals surface area contributed by atoms with E-state index in [2.05, 4.69) is 15.6 Å². The van der Waals surface area contributed by atoms with E-state index in [1.807, 2.05) is 0 Å². The number of benzene rings is 2. The second-order valence-electron chi connectivity index (χ2n) is 7.42. The minimum atomic E-state index is -1.26. The second-order valence-corrected chi connectivity index (χ2v) is 7.86. The quantitative estimate of drug-likeness (QED) is 0.251. The van der Waals surface area contributed by atoms with Crippen LogP contribution in [-0.4, -0.2) is 52.5 Å². The molecule has 12 heteroatoms. The average molecular weight is 532 g/mol. The van der Waals surface area contributed by atoms with E-state index in [1.165, 1.54) is 19.1 Å². The summed E-state index contributed by atoms with van der Waals surface area (Å²) >= 11 is 6.14. The molecule has 1 aliphatic rings. The number of halogens is 2. The number of nitrogens with zero attached hydrogens (tertiary/aromatic N) is 1. The van der Waals surface area contributed by atoms with Crippen LogP contribution in [0.5, 0.6) is 0 Å². The van der Waals surface area contributed by atoms with Crippen molar-refractivity contribution in [2.24, 2.45) is 4.99 Å². The highest BCUT2D eigenvalue weighted by Crippen LogP contribution is 2.28. The number of carbonyl (C=O) groups excluding carboxylic acids is 2. The van der Waals surface area contributed by atoms with Gasteiger partial charge in [-0.2, -0.15) is 0 Å². The van der Waals surface area contributed by atoms with E-state index < -0.39 is 30.0 Å². The van der Waals surface area contributed by atoms with Crippen LogP contribution in [0.1, 0.15) is 25.0 Å². The summed E-state index contributed by atoms with van der Waals surface area (Å²) < 4.78 is 19.5. The van der Waals surface area contributed by atoms with Crippen molar-refractivity contribution in [1.82, 2.24) is 5.32 Å². The Morgan fingerprint density at radius 2 is 1.76 bits per heavy atom. The number of carboxylic acid groups (broad SMARTS) is 2. The van der Waals surface area contributed by atoms with Crippen molar-refractivity contribution in [3.63, 3.8) is 0 Å². The fourth-order valence-corrected chi connectivity index (χ4v) is 3.23. The van der Waals surface area contributed by atoms with Gasteiger partial charge < -0.3 is 25.6 Å². The van der Waals surface area contributed by atoms with Crippen LogP contribution in [0.4, 0.5) is 10.1 Å². The van der Waals surface area contributed by atoms with E-state index in [0.717, 1.165) is 0 Å². The number of amides is 1. The molecule has 0 spiro atoms. The van der Waals surface area contributed by atoms with Crippen molar-refractivity contribution in [2.45, 2.75) is 20.1 Å². The molecule has 1 amide bonds. The van der Waals surface area contributed by atoms with Crippen LogP contribution in [0.15, 0.2) is 71.4 Å². The first-order chi connectivity index (χ1) is 17.5. The number of benzodiazepines with no additional fused rings is 1. The summed E-state index contributed by atoms with van der Waals surface area (Å²) in [5.41, 5.74) is 2.46. The third kappa shape index (κ3) is 9.57. The highest BCUT2D eigenvalue weighted by Gasteiger charge is 2.20. The molecule has 194 valence electrons. The highest BCUT2D eigenvalue weighted by atomic mass is 35.5. The number of ether oxygens (including phenoxy) is 1. The summed E-state index contributed by atoms with van der Waals surface area (Å²) in [7, 11) is 0. The largest absolute Gasteiger partial charge is 0.478 e. The minimum absolute atomic E-state index is 0.0968. The number of anilines is 1. The summed E-state index contributed by atoms with van der Waals surface area (Å²) in [5.74, 6) is -3.88. The van der Waals surface area contributed by atoms with Crippen LogP contribution in [0.3, 0.4) is 0 Å². The van der Waals surface area contributed by atoms with Gasteiger partial charge in [-0.15, -0.1) is 0 Å². The number of esters is 1. The van der Waals surface area contributed by atoms with E-state index >= 15 is 0 Å². The van der Waals surface area contributed by atoms with Crippen molar-refractivity contribution in [3.05, 3.63) is 88.4 Å². The van der Waals surface area contributed by atoms with Gasteiger partial charge in [0, 0.05) is 52.7 Å². The van der Waals surface area contributed by atoms with Crippen LogP contribution in [-0.2, 0) is 23.9 Å². The van der Waals surface area contributed by atoms with Gasteiger partial charge in [0.2, 0.25) is 5.91 Å². The molecule has 0 aromatic heterocycles. The lowest BCUT2D eigenvalue weighted by molar-refractivity contribution is -0.145. The second kappa shape index (κ2) is 13.5. The molecule has 0 saturated heterocycles. The lowest BCUT2D eigenvalue weighted by Gasteiger charge is -2.14. The van der Waals surface area contributed by atoms with Crippen molar-refractivity contribution in [2.75, 3.05) is 11.9 Å². The third-order valence-corrected chi connectivity index (χ3v) is 4.66. The first-order valence-electron chi connectivity index (χ1n) is 10.6. The Kier molecular flexibility index (Phi) is 10.5. The molecule has 1 heterocycles. The van der Waals surface area contributed by atoms with Crippen LogP contribution < -0.4 is 10.6 Å². The zero-order chi connectivity index (χ0) is 27.5. The Hall–Kier alpha value is -4.51. The lowest BCUT2D eigenvalue weighted by atomic mass is 10.00. The number of aliphatic imine (C=N–C) groups is 1. The van der Waals surface area contributed by atoms with E-state index in [-0.39, 0.29) is 12.5 Å². The maximum Gasteiger partial charge on any atom is 0.334 e. The predicted molar refractivity (Wildman–Crippen MR) is 134 cm³/mol. The number of carbonyl (C=O) groups is 4. The van der Waals surface area contributed by atoms with Crippen LogP contribution in [0.2, 0.25) is 5.02 Å². The monoisotopic (exact) mass is 531 g/mol. The van der Waals surface area contributed by atoms with Gasteiger partial charge in [-0.3, -0.25) is 9.79 Å². The van der Waals surface area contributed by atoms with Gasteiger partial charge in [-0.25, -0.2) is 18.8 Å². The van der Waals surface area contributed by atoms with Crippen molar-refractivity contribution >= 4 is 46.8 Å². The van der Waals surface area contributed by atoms with E-state index in [4.69, 9.17) is 26.6 Å². The molecule has 2 aromatic rings. The molecule has 3 rings (SSSR count). The van der Waals surface area contributed by atoms with E-state index in [1.54, 1.807) is 43.3 Å². The Morgan fingerprint density at radius 3 is 2.35 bits per heavy atom. The molecule has 0 saturated carbocycles. The summed E-state index contributed by atoms with van der Waals surface area (Å²) in [6.07, 6.45) is 1.60. The minimum Gasteiger partial charge on any atom is -0.478 e. The number of fused-ring (bicyclic) bond motifs is 1. The standard InChI is InChI=1S/C21H19ClFN3O3.C4H4O4/c1-12(27)25-13(2)29-20(28)10-15-11-24-21(16-5-3-4-6-18(16)23)17-9-14(22)7-8-19(17)26-15;5-3(6)1-2-4(7)8/h3-10,13,26H,11H2,1-2H3,(H,25,27);1-2H,(H,5,6)(H,7,8). The maximum absolute atomic E-state index is 14.4. The number of hydrogen-bond donors (Lipinski definition) is 4. The van der Waals surface area contributed by atoms with E-state index in [9.17, 15) is 23.6 Å². The van der Waals surface area contributed by atoms with Gasteiger partial charge in [0.25, 0.3) is 0 Å². The molecule has 4 N–H and O–H groups in total. The predicted octanol–water partition coefficient (Wildman–Crippen LogP) is 3.36. The maximum atomic E-state index is 14.4. The number of nitrogens with one attached hydrogen (secondary N) is 2. The molecule has 1 atom stereocenters. The molecule has 0 radical (unpaired) electrons. The molecule has 0 aliphatic carbocycles. The van der Waals surface area contributed by atoms with Gasteiger partial charge in [0.1, 0.15) is 5.82 Å². The topological polar surface area (TPSA) is 154 Å². The summed E-state index contributed by atoms with van der Waals surface area (Å²) in [4.78, 5) is 46.8. The fraction of sp³-hybridized carbons (Fsp3) is 0.160. The number of rotatable bonds is 6. The first kappa shape index (κ1) is 28.7. The Labute approximate surface area is 216 Å². The summed E-state index contributed by atoms with van der Waals surface area (Å²) in [5, 5.41) is 21.7. The number of aliphatic carboxylic acids is 2. The first-order valence-corrected chi connectivity index (χ1v) is 11.0. The lowest BCUT2D eigenvalue weighted by Crippen LogP contribution is -2.34. The number of hydrogen-bond acceptors (Lipinski definition) is 7. The highest BCUT2D eigenvalue weighted by molar-refractivity contribution is 6.31. The molecular formula is C25H23ClFN3O7. The Morgan fingerprint density at radius 1 is 1.11 bits per heavy atom. The van der Waals surface area contributed by atoms with Crippen LogP contribution in [0, 0.1) is 5.82 Å². The Balaban J connectivity index is 0.000000521. The van der Waals surface area contributed by atoms with Gasteiger partial charge in [0.15, 0.2) is 6.23 Å². The summed E-state index contributed by atoms with van der Waals surface area (Å²) in [6, 6.07) is 11.4. The van der Waals surface area contributed by atoms with E-state index in [0.29, 0.717) is 45.4 Å². The molecule has 2 aromatic carbocycles. The van der Waals surface area contributed by atoms with Crippen molar-refractivity contribution < 1.29 is 38.5 Å². The molecule has 1 unspecified atom stereocenters. The zero-order valence-corrected chi connectivity index (χ0v) is 20.5. The molecule has 0 fully saturated rings. The van der Waals surface area contributed by atoms with Crippen molar-refractivity contribution in [3.8, 4) is 0 Å². The van der Waals surface area contributed by atoms with Gasteiger partial charge in [-0.05, 0) is 37.3 Å². The molecule has 0 bridgehead atoms. The normalized spacial score (nSPS) is 14.2. The van der Waals surface area contributed by atoms with Crippen molar-refractivity contribution in [1.29, 1.82) is 0 Å². The van der Waals surface area contributed by atoms with Gasteiger partial charge in [-0.1, -0.05) is 23.7 Å². The molecule has 10 nitrogen and oxygen atoms in total. The fourth-order valence-electron chi connectivity index (χ4n) is 3.06. The smallest absolute Gasteiger partial charge is 0.334 e. The molecule has 1 aliphatic heterocycles. The van der Waals surface area contributed by atoms with Gasteiger partial charge in [0.05, 0.1) is 12.3 Å². The van der Waals surface area contributed by atoms with Crippen LogP contribution >= 0.6 is 11.6 Å². The molecule has 37 heavy (non-hydrogen) atoms.